The van der Waals surface area contributed by atoms with Gasteiger partial charge in [0, 0.05) is 12.3 Å². The zero-order chi connectivity index (χ0) is 22.7. The number of aliphatic hydroxyl groups excluding tert-OH is 4. The minimum Gasteiger partial charge on any atom is -0.394 e. The van der Waals surface area contributed by atoms with Gasteiger partial charge in [-0.15, -0.1) is 0 Å². The molecule has 18 heteroatoms. The first kappa shape index (κ1) is 25.0. The third-order valence-corrected chi connectivity index (χ3v) is 6.45. The van der Waals surface area contributed by atoms with Gasteiger partial charge < -0.3 is 34.9 Å². The molecule has 1 aliphatic heterocycles. The maximum Gasteiger partial charge on any atom is 0.481 e. The molecule has 6 atom stereocenters. The number of aliphatic hydroxyl groups is 4. The van der Waals surface area contributed by atoms with Crippen LogP contribution in [-0.2, 0) is 27.2 Å². The van der Waals surface area contributed by atoms with E-state index < -0.39 is 77.4 Å². The third-order valence-electron chi connectivity index (χ3n) is 3.76. The fourth-order valence-electron chi connectivity index (χ4n) is 2.38. The van der Waals surface area contributed by atoms with Gasteiger partial charge in [-0.25, -0.2) is 13.9 Å². The lowest BCUT2D eigenvalue weighted by atomic mass is 10.1. The molecule has 1 fully saturated rings. The van der Waals surface area contributed by atoms with Crippen LogP contribution in [0.1, 0.15) is 6.23 Å². The quantitative estimate of drug-likeness (QED) is 0.163. The molecular formula is C12H20N2O14P2. The monoisotopic (exact) mass is 478 g/mol. The van der Waals surface area contributed by atoms with E-state index in [0.717, 1.165) is 16.8 Å². The number of hydrogen-bond donors (Lipinski definition) is 7. The van der Waals surface area contributed by atoms with Crippen LogP contribution in [0.3, 0.4) is 0 Å². The Kier molecular flexibility index (Phi) is 8.26. The summed E-state index contributed by atoms with van der Waals surface area (Å²) in [5.41, 5.74) is -1.68. The second-order valence-corrected chi connectivity index (χ2v) is 8.97. The Labute approximate surface area is 167 Å². The Morgan fingerprint density at radius 2 is 1.77 bits per heavy atom. The van der Waals surface area contributed by atoms with E-state index in [9.17, 15) is 38.7 Å². The van der Waals surface area contributed by atoms with E-state index in [0.29, 0.717) is 0 Å². The van der Waals surface area contributed by atoms with E-state index in [1.165, 1.54) is 0 Å². The number of rotatable bonds is 10. The molecule has 30 heavy (non-hydrogen) atoms. The van der Waals surface area contributed by atoms with Crippen LogP contribution in [0.4, 0.5) is 0 Å². The van der Waals surface area contributed by atoms with Crippen LogP contribution in [0.5, 0.6) is 0 Å². The number of aromatic amines is 1. The second kappa shape index (κ2) is 9.91. The number of nitrogens with one attached hydrogen (secondary N) is 1. The topological polar surface area (TPSA) is 247 Å². The van der Waals surface area contributed by atoms with E-state index in [2.05, 4.69) is 13.4 Å². The first-order valence-corrected chi connectivity index (χ1v) is 11.1. The zero-order valence-corrected chi connectivity index (χ0v) is 16.7. The number of H-pyrrole nitrogens is 1. The Bertz CT molecular complexity index is 928. The predicted molar refractivity (Wildman–Crippen MR) is 93.0 cm³/mol. The summed E-state index contributed by atoms with van der Waals surface area (Å²) in [6.45, 7) is -2.73. The highest BCUT2D eigenvalue weighted by molar-refractivity contribution is 7.61. The largest absolute Gasteiger partial charge is 0.481 e. The molecule has 0 aromatic carbocycles. The van der Waals surface area contributed by atoms with Gasteiger partial charge in [0.15, 0.2) is 6.23 Å². The van der Waals surface area contributed by atoms with Gasteiger partial charge in [-0.05, 0) is 0 Å². The Morgan fingerprint density at radius 3 is 2.33 bits per heavy atom. The van der Waals surface area contributed by atoms with E-state index in [1.807, 2.05) is 4.98 Å². The molecule has 2 heterocycles. The van der Waals surface area contributed by atoms with Gasteiger partial charge in [0.25, 0.3) is 5.56 Å². The van der Waals surface area contributed by atoms with Crippen molar-refractivity contribution in [3.05, 3.63) is 33.1 Å². The summed E-state index contributed by atoms with van der Waals surface area (Å²) >= 11 is 0. The molecule has 0 saturated carbocycles. The predicted octanol–water partition coefficient (Wildman–Crippen LogP) is -3.24. The molecule has 0 radical (unpaired) electrons. The van der Waals surface area contributed by atoms with Crippen molar-refractivity contribution >= 4 is 15.6 Å². The van der Waals surface area contributed by atoms with Gasteiger partial charge in [-0.1, -0.05) is 0 Å². The summed E-state index contributed by atoms with van der Waals surface area (Å²) in [6, 6.07) is 0.953. The maximum atomic E-state index is 11.9. The van der Waals surface area contributed by atoms with Gasteiger partial charge in [0.05, 0.1) is 19.8 Å². The normalized spacial score (nSPS) is 28.4. The first-order valence-electron chi connectivity index (χ1n) is 8.14. The molecule has 0 amide bonds. The minimum absolute atomic E-state index is 0.720. The molecule has 2 unspecified atom stereocenters. The SMILES string of the molecule is O=c1ccn([C@@H]2O[C@H](COP(=O)(O)OP(=O)(O)OC(CO)CO)[C@@H](O)[C@H]2O)c(=O)[nH]1. The molecule has 2 rings (SSSR count). The number of aromatic nitrogens is 2. The van der Waals surface area contributed by atoms with Gasteiger partial charge in [-0.2, -0.15) is 4.31 Å². The molecule has 16 nitrogen and oxygen atoms in total. The molecule has 7 N–H and O–H groups in total. The van der Waals surface area contributed by atoms with Crippen LogP contribution in [0.2, 0.25) is 0 Å². The Balaban J connectivity index is 2.02. The summed E-state index contributed by atoms with van der Waals surface area (Å²) in [7, 11) is -10.5. The first-order chi connectivity index (χ1) is 13.9. The van der Waals surface area contributed by atoms with E-state index in [4.69, 9.17) is 14.9 Å². The van der Waals surface area contributed by atoms with Crippen molar-refractivity contribution in [1.82, 2.24) is 9.55 Å². The third kappa shape index (κ3) is 6.37. The highest BCUT2D eigenvalue weighted by atomic mass is 31.3. The van der Waals surface area contributed by atoms with Gasteiger partial charge in [-0.3, -0.25) is 23.4 Å². The maximum absolute atomic E-state index is 11.9. The lowest BCUT2D eigenvalue weighted by Crippen LogP contribution is -2.37. The molecule has 0 spiro atoms. The molecule has 1 saturated heterocycles. The number of phosphoric ester groups is 2. The number of hydrogen-bond acceptors (Lipinski definition) is 12. The van der Waals surface area contributed by atoms with Gasteiger partial charge >= 0.3 is 21.3 Å². The lowest BCUT2D eigenvalue weighted by Gasteiger charge is -2.21. The Morgan fingerprint density at radius 1 is 1.13 bits per heavy atom. The molecule has 172 valence electrons. The van der Waals surface area contributed by atoms with E-state index >= 15 is 0 Å². The molecule has 0 aliphatic carbocycles. The molecule has 1 aromatic rings. The molecular weight excluding hydrogens is 458 g/mol. The number of ether oxygens (including phenoxy) is 1. The fourth-order valence-corrected chi connectivity index (χ4v) is 4.61. The van der Waals surface area contributed by atoms with E-state index in [1.54, 1.807) is 0 Å². The molecule has 1 aromatic heterocycles. The minimum atomic E-state index is -5.29. The van der Waals surface area contributed by atoms with Crippen molar-refractivity contribution in [2.24, 2.45) is 0 Å². The second-order valence-electron chi connectivity index (χ2n) is 5.97. The number of phosphoric acid groups is 2. The smallest absolute Gasteiger partial charge is 0.394 e. The molecule has 1 aliphatic rings. The van der Waals surface area contributed by atoms with Crippen LogP contribution in [0, 0.1) is 0 Å². The van der Waals surface area contributed by atoms with Crippen molar-refractivity contribution in [3.8, 4) is 0 Å². The Hall–Kier alpha value is -1.26. The van der Waals surface area contributed by atoms with Crippen molar-refractivity contribution in [2.75, 3.05) is 19.8 Å². The van der Waals surface area contributed by atoms with Crippen LogP contribution < -0.4 is 11.2 Å². The summed E-state index contributed by atoms with van der Waals surface area (Å²) in [4.78, 5) is 43.8. The average molecular weight is 478 g/mol. The van der Waals surface area contributed by atoms with Crippen molar-refractivity contribution in [3.63, 3.8) is 0 Å². The standard InChI is InChI=1S/C12H20N2O14P2/c15-3-6(4-16)27-30(23,24)28-29(21,22)25-5-7-9(18)10(19)11(26-7)14-2-1-8(17)13-12(14)20/h1-2,6-7,9-11,15-16,18-19H,3-5H2,(H,21,22)(H,23,24)(H,13,17,20)/t7-,9-,10-,11-/m1/s1. The highest BCUT2D eigenvalue weighted by Gasteiger charge is 2.46. The molecule has 0 bridgehead atoms. The average Bonchev–Trinajstić information content (AvgIpc) is 2.92. The van der Waals surface area contributed by atoms with Crippen LogP contribution in [-0.4, -0.2) is 84.0 Å². The highest BCUT2D eigenvalue weighted by Crippen LogP contribution is 2.61. The summed E-state index contributed by atoms with van der Waals surface area (Å²) < 4.78 is 42.2. The zero-order valence-electron chi connectivity index (χ0n) is 15.0. The number of nitrogens with zero attached hydrogens (tertiary/aromatic N) is 1. The summed E-state index contributed by atoms with van der Waals surface area (Å²) in [6.07, 6.45) is -6.99. The van der Waals surface area contributed by atoms with Crippen molar-refractivity contribution in [1.29, 1.82) is 0 Å². The van der Waals surface area contributed by atoms with Gasteiger partial charge in [0.1, 0.15) is 24.4 Å². The van der Waals surface area contributed by atoms with Crippen LogP contribution in [0.25, 0.3) is 0 Å². The van der Waals surface area contributed by atoms with E-state index in [-0.39, 0.29) is 0 Å². The fraction of sp³-hybridized carbons (Fsp3) is 0.667. The lowest BCUT2D eigenvalue weighted by molar-refractivity contribution is -0.0545. The van der Waals surface area contributed by atoms with Gasteiger partial charge in [0.2, 0.25) is 0 Å². The summed E-state index contributed by atoms with van der Waals surface area (Å²) in [5.74, 6) is 0. The summed E-state index contributed by atoms with van der Waals surface area (Å²) in [5, 5.41) is 37.6. The van der Waals surface area contributed by atoms with Crippen LogP contribution in [0.15, 0.2) is 21.9 Å². The van der Waals surface area contributed by atoms with Crippen molar-refractivity contribution in [2.45, 2.75) is 30.6 Å². The van der Waals surface area contributed by atoms with Crippen LogP contribution >= 0.6 is 15.6 Å². The van der Waals surface area contributed by atoms with Crippen molar-refractivity contribution < 1.29 is 57.4 Å².